The lowest BCUT2D eigenvalue weighted by Gasteiger charge is -2.26. The maximum absolute atomic E-state index is 13.2. The summed E-state index contributed by atoms with van der Waals surface area (Å²) in [5.41, 5.74) is -0.518. The summed E-state index contributed by atoms with van der Waals surface area (Å²) in [5.74, 6) is 0. The highest BCUT2D eigenvalue weighted by Gasteiger charge is 2.44. The Balaban J connectivity index is 2.08. The van der Waals surface area contributed by atoms with Gasteiger partial charge in [0.25, 0.3) is 0 Å². The Kier molecular flexibility index (Phi) is 4.00. The number of hydrogen-bond acceptors (Lipinski definition) is 3. The van der Waals surface area contributed by atoms with E-state index in [4.69, 9.17) is 5.26 Å². The molecule has 1 N–H and O–H groups in total. The Bertz CT molecular complexity index is 644. The standard InChI is InChI=1S/C14H14F3NO3S/c15-14(16,17)10-6-2-3-7-11(10)18-13(21-19)9-5-1-4-8-12(9)22(18)20/h2-3,6-7,13,19H,1,4-5,8H2/t13-,22?/m0/s1. The fourth-order valence-electron chi connectivity index (χ4n) is 2.94. The third-order valence-electron chi connectivity index (χ3n) is 3.91. The van der Waals surface area contributed by atoms with E-state index in [1.807, 2.05) is 0 Å². The van der Waals surface area contributed by atoms with Crippen LogP contribution >= 0.6 is 0 Å². The van der Waals surface area contributed by atoms with Crippen molar-refractivity contribution in [2.24, 2.45) is 0 Å². The van der Waals surface area contributed by atoms with Gasteiger partial charge >= 0.3 is 6.18 Å². The van der Waals surface area contributed by atoms with E-state index in [0.29, 0.717) is 23.3 Å². The fraction of sp³-hybridized carbons (Fsp3) is 0.429. The van der Waals surface area contributed by atoms with Gasteiger partial charge in [0.1, 0.15) is 0 Å². The molecule has 2 aliphatic rings. The molecule has 4 nitrogen and oxygen atoms in total. The first-order valence-corrected chi connectivity index (χ1v) is 7.95. The molecule has 1 aliphatic heterocycles. The molecule has 0 saturated carbocycles. The van der Waals surface area contributed by atoms with Crippen molar-refractivity contribution >= 4 is 16.7 Å². The van der Waals surface area contributed by atoms with Gasteiger partial charge in [-0.15, -0.1) is 0 Å². The minimum atomic E-state index is -4.58. The van der Waals surface area contributed by atoms with Gasteiger partial charge in [0.15, 0.2) is 17.2 Å². The molecule has 1 heterocycles. The van der Waals surface area contributed by atoms with E-state index in [1.54, 1.807) is 0 Å². The Hall–Kier alpha value is -1.38. The second-order valence-corrected chi connectivity index (χ2v) is 6.59. The molecule has 120 valence electrons. The van der Waals surface area contributed by atoms with Gasteiger partial charge in [-0.1, -0.05) is 12.1 Å². The largest absolute Gasteiger partial charge is 0.418 e. The summed E-state index contributed by atoms with van der Waals surface area (Å²) in [7, 11) is -1.78. The molecule has 0 aromatic heterocycles. The quantitative estimate of drug-likeness (QED) is 0.661. The van der Waals surface area contributed by atoms with Crippen LogP contribution < -0.4 is 4.31 Å². The Labute approximate surface area is 127 Å². The van der Waals surface area contributed by atoms with Gasteiger partial charge in [0, 0.05) is 4.91 Å². The molecule has 0 amide bonds. The molecule has 2 atom stereocenters. The molecule has 0 radical (unpaired) electrons. The molecule has 1 aromatic rings. The lowest BCUT2D eigenvalue weighted by Crippen LogP contribution is -2.35. The predicted molar refractivity (Wildman–Crippen MR) is 75.1 cm³/mol. The molecule has 0 bridgehead atoms. The predicted octanol–water partition coefficient (Wildman–Crippen LogP) is 3.83. The summed E-state index contributed by atoms with van der Waals surface area (Å²) >= 11 is 0. The van der Waals surface area contributed by atoms with Crippen molar-refractivity contribution < 1.29 is 27.5 Å². The maximum atomic E-state index is 13.2. The summed E-state index contributed by atoms with van der Waals surface area (Å²) < 4.78 is 53.2. The van der Waals surface area contributed by atoms with Crippen LogP contribution in [0.5, 0.6) is 0 Å². The van der Waals surface area contributed by atoms with Crippen molar-refractivity contribution in [1.82, 2.24) is 0 Å². The lowest BCUT2D eigenvalue weighted by atomic mass is 9.98. The smallest absolute Gasteiger partial charge is 0.253 e. The fourth-order valence-corrected chi connectivity index (χ4v) is 4.60. The second kappa shape index (κ2) is 5.68. The van der Waals surface area contributed by atoms with Crippen LogP contribution in [0.25, 0.3) is 0 Å². The molecule has 0 spiro atoms. The number of halogens is 3. The summed E-state index contributed by atoms with van der Waals surface area (Å²) in [5, 5.41) is 9.16. The summed E-state index contributed by atoms with van der Waals surface area (Å²) in [4.78, 5) is 4.96. The summed E-state index contributed by atoms with van der Waals surface area (Å²) in [6, 6.07) is 4.88. The zero-order chi connectivity index (χ0) is 15.9. The third kappa shape index (κ3) is 2.45. The SMILES string of the molecule is O=S1C2=C(CCCC2)[C@H](OO)N1c1ccccc1C(F)(F)F. The van der Waals surface area contributed by atoms with E-state index in [1.165, 1.54) is 18.2 Å². The van der Waals surface area contributed by atoms with Crippen molar-refractivity contribution in [2.45, 2.75) is 38.1 Å². The van der Waals surface area contributed by atoms with Crippen LogP contribution in [0.4, 0.5) is 18.9 Å². The number of alkyl halides is 3. The minimum Gasteiger partial charge on any atom is -0.253 e. The van der Waals surface area contributed by atoms with Crippen molar-refractivity contribution in [3.05, 3.63) is 40.3 Å². The molecular weight excluding hydrogens is 319 g/mol. The van der Waals surface area contributed by atoms with Crippen molar-refractivity contribution in [2.75, 3.05) is 4.31 Å². The number of allylic oxidation sites excluding steroid dienone is 1. The summed E-state index contributed by atoms with van der Waals surface area (Å²) in [6.07, 6.45) is -2.92. The summed E-state index contributed by atoms with van der Waals surface area (Å²) in [6.45, 7) is 0. The van der Waals surface area contributed by atoms with E-state index >= 15 is 0 Å². The van der Waals surface area contributed by atoms with Gasteiger partial charge in [-0.05, 0) is 43.4 Å². The lowest BCUT2D eigenvalue weighted by molar-refractivity contribution is -0.265. The van der Waals surface area contributed by atoms with Gasteiger partial charge in [-0.2, -0.15) is 13.2 Å². The zero-order valence-electron chi connectivity index (χ0n) is 11.5. The second-order valence-electron chi connectivity index (χ2n) is 5.20. The number of nitrogens with zero attached hydrogens (tertiary/aromatic N) is 1. The topological polar surface area (TPSA) is 49.8 Å². The first-order valence-electron chi connectivity index (χ1n) is 6.84. The number of rotatable bonds is 2. The molecule has 3 rings (SSSR count). The van der Waals surface area contributed by atoms with E-state index in [0.717, 1.165) is 23.2 Å². The van der Waals surface area contributed by atoms with Crippen LogP contribution in [-0.4, -0.2) is 15.7 Å². The van der Waals surface area contributed by atoms with Crippen LogP contribution in [0.15, 0.2) is 34.7 Å². The van der Waals surface area contributed by atoms with Gasteiger partial charge < -0.3 is 0 Å². The molecule has 1 aromatic carbocycles. The highest BCUT2D eigenvalue weighted by molar-refractivity contribution is 7.90. The van der Waals surface area contributed by atoms with Crippen molar-refractivity contribution in [3.63, 3.8) is 0 Å². The highest BCUT2D eigenvalue weighted by Crippen LogP contribution is 2.45. The minimum absolute atomic E-state index is 0.248. The van der Waals surface area contributed by atoms with Gasteiger partial charge in [0.2, 0.25) is 0 Å². The van der Waals surface area contributed by atoms with Gasteiger partial charge in [-0.25, -0.2) is 14.4 Å². The average molecular weight is 333 g/mol. The first-order chi connectivity index (χ1) is 10.4. The number of hydrogen-bond donors (Lipinski definition) is 1. The Morgan fingerprint density at radius 1 is 1.23 bits per heavy atom. The highest BCUT2D eigenvalue weighted by atomic mass is 32.2. The first kappa shape index (κ1) is 15.5. The van der Waals surface area contributed by atoms with E-state index in [2.05, 4.69) is 4.89 Å². The Morgan fingerprint density at radius 2 is 1.91 bits per heavy atom. The Morgan fingerprint density at radius 3 is 2.59 bits per heavy atom. The van der Waals surface area contributed by atoms with E-state index < -0.39 is 29.0 Å². The van der Waals surface area contributed by atoms with Crippen LogP contribution in [0, 0.1) is 0 Å². The molecule has 0 saturated heterocycles. The number of anilines is 1. The van der Waals surface area contributed by atoms with Crippen LogP contribution in [0.1, 0.15) is 31.2 Å². The van der Waals surface area contributed by atoms with E-state index in [9.17, 15) is 17.4 Å². The van der Waals surface area contributed by atoms with E-state index in [-0.39, 0.29) is 5.69 Å². The molecule has 8 heteroatoms. The molecule has 1 aliphatic carbocycles. The molecule has 0 fully saturated rings. The van der Waals surface area contributed by atoms with Crippen LogP contribution in [0.3, 0.4) is 0 Å². The van der Waals surface area contributed by atoms with Crippen LogP contribution in [-0.2, 0) is 22.0 Å². The van der Waals surface area contributed by atoms with Crippen molar-refractivity contribution in [3.8, 4) is 0 Å². The number of para-hydroxylation sites is 1. The molecular formula is C14H14F3NO3S. The molecule has 1 unspecified atom stereocenters. The molecule has 22 heavy (non-hydrogen) atoms. The normalized spacial score (nSPS) is 25.5. The van der Waals surface area contributed by atoms with Gasteiger partial charge in [0.05, 0.1) is 11.3 Å². The third-order valence-corrected chi connectivity index (χ3v) is 5.54. The van der Waals surface area contributed by atoms with Crippen molar-refractivity contribution in [1.29, 1.82) is 0 Å². The van der Waals surface area contributed by atoms with Gasteiger partial charge in [-0.3, -0.25) is 4.31 Å². The average Bonchev–Trinajstić information content (AvgIpc) is 2.79. The monoisotopic (exact) mass is 333 g/mol. The maximum Gasteiger partial charge on any atom is 0.418 e. The number of benzene rings is 1. The van der Waals surface area contributed by atoms with Crippen LogP contribution in [0.2, 0.25) is 0 Å². The zero-order valence-corrected chi connectivity index (χ0v) is 12.3.